The minimum atomic E-state index is -1.03. The Balaban J connectivity index is 1.53. The second kappa shape index (κ2) is 29.4. The fourth-order valence-electron chi connectivity index (χ4n) is 8.53. The molecule has 2 aromatic heterocycles. The Labute approximate surface area is 388 Å². The highest BCUT2D eigenvalue weighted by atomic mass is 28.3. The maximum atomic E-state index is 7.02. The van der Waals surface area contributed by atoms with E-state index in [1.54, 1.807) is 0 Å². The van der Waals surface area contributed by atoms with Crippen LogP contribution in [0.15, 0.2) is 61.2 Å². The normalized spacial score (nSPS) is 12.0. The molecule has 0 atom stereocenters. The molecule has 2 aromatic carbocycles. The van der Waals surface area contributed by atoms with Crippen LogP contribution in [-0.4, -0.2) is 36.1 Å². The summed E-state index contributed by atoms with van der Waals surface area (Å²) in [6.07, 6.45) is 38.0. The van der Waals surface area contributed by atoms with Gasteiger partial charge in [0.1, 0.15) is 11.5 Å². The highest BCUT2D eigenvalue weighted by molar-refractivity contribution is 6.77. The molecule has 0 aliphatic rings. The molecule has 0 bridgehead atoms. The van der Waals surface area contributed by atoms with Gasteiger partial charge in [-0.3, -0.25) is 0 Å². The molecule has 0 amide bonds. The third-order valence-corrected chi connectivity index (χ3v) is 21.2. The molecule has 0 radical (unpaired) electrons. The van der Waals surface area contributed by atoms with Gasteiger partial charge in [0.2, 0.25) is 0 Å². The van der Waals surface area contributed by atoms with Gasteiger partial charge in [0, 0.05) is 52.1 Å². The maximum absolute atomic E-state index is 7.02. The van der Waals surface area contributed by atoms with E-state index in [0.717, 1.165) is 72.8 Å². The summed E-state index contributed by atoms with van der Waals surface area (Å²) in [6.45, 7) is 19.5. The SMILES string of the molecule is CCCCCCCCc1cnc(-c2ccc(Oc3ccc(-c4ncc(CCCCCCCC)cn4)cc3CCCCCC[Si](C)(C)CC)c(CCCCCC[Si](C)(C)CC)c2)nc1. The van der Waals surface area contributed by atoms with Crippen LogP contribution in [0.25, 0.3) is 22.8 Å². The quantitative estimate of drug-likeness (QED) is 0.0345. The van der Waals surface area contributed by atoms with Gasteiger partial charge in [-0.15, -0.1) is 0 Å². The minimum absolute atomic E-state index is 0.800. The van der Waals surface area contributed by atoms with Crippen LogP contribution in [0.2, 0.25) is 50.4 Å². The van der Waals surface area contributed by atoms with Gasteiger partial charge < -0.3 is 4.74 Å². The van der Waals surface area contributed by atoms with Crippen molar-refractivity contribution in [3.8, 4) is 34.3 Å². The second-order valence-corrected chi connectivity index (χ2v) is 31.5. The Morgan fingerprint density at radius 2 is 0.730 bits per heavy atom. The number of rotatable bonds is 34. The summed E-state index contributed by atoms with van der Waals surface area (Å²) in [7, 11) is -2.06. The molecular formula is C56H90N4OSi2. The molecule has 0 fully saturated rings. The predicted molar refractivity (Wildman–Crippen MR) is 279 cm³/mol. The molecule has 0 unspecified atom stereocenters. The smallest absolute Gasteiger partial charge is 0.159 e. The second-order valence-electron chi connectivity index (χ2n) is 20.5. The standard InChI is InChI=1S/C56H90N4OSi2/c1-9-13-15-17-19-25-31-47-43-57-55(58-44-47)51-35-37-53(49(41-51)33-27-21-23-29-39-62(5,6)11-3)61-54-38-36-52(42-50(54)34-28-22-24-30-40-63(7,8)12-4)56-59-45-48(46-60-56)32-26-20-18-16-14-10-2/h35-38,41-46H,9-34,39-40H2,1-8H3. The van der Waals surface area contributed by atoms with Gasteiger partial charge in [0.25, 0.3) is 0 Å². The van der Waals surface area contributed by atoms with Crippen molar-refractivity contribution in [1.29, 1.82) is 0 Å². The minimum Gasteiger partial charge on any atom is -0.457 e. The molecule has 0 saturated carbocycles. The van der Waals surface area contributed by atoms with Crippen LogP contribution in [0, 0.1) is 0 Å². The van der Waals surface area contributed by atoms with E-state index in [9.17, 15) is 0 Å². The molecule has 0 saturated heterocycles. The number of hydrogen-bond acceptors (Lipinski definition) is 5. The van der Waals surface area contributed by atoms with Crippen LogP contribution in [0.3, 0.4) is 0 Å². The van der Waals surface area contributed by atoms with Gasteiger partial charge in [0.15, 0.2) is 11.6 Å². The van der Waals surface area contributed by atoms with E-state index in [4.69, 9.17) is 24.7 Å². The molecule has 0 aliphatic carbocycles. The summed E-state index contributed by atoms with van der Waals surface area (Å²) in [5.74, 6) is 3.51. The van der Waals surface area contributed by atoms with E-state index in [2.05, 4.69) is 90.3 Å². The molecule has 4 aromatic rings. The van der Waals surface area contributed by atoms with Crippen LogP contribution in [0.5, 0.6) is 11.5 Å². The largest absolute Gasteiger partial charge is 0.457 e. The Hall–Kier alpha value is -3.17. The van der Waals surface area contributed by atoms with Crippen LogP contribution < -0.4 is 4.74 Å². The monoisotopic (exact) mass is 891 g/mol. The van der Waals surface area contributed by atoms with E-state index in [1.807, 2.05) is 24.8 Å². The number of aryl methyl sites for hydroxylation is 4. The van der Waals surface area contributed by atoms with E-state index >= 15 is 0 Å². The fourth-order valence-corrected chi connectivity index (χ4v) is 11.7. The lowest BCUT2D eigenvalue weighted by atomic mass is 10.0. The van der Waals surface area contributed by atoms with Gasteiger partial charge in [-0.05, 0) is 110 Å². The number of unbranched alkanes of at least 4 members (excludes halogenated alkanes) is 16. The molecule has 7 heteroatoms. The summed E-state index contributed by atoms with van der Waals surface area (Å²) in [4.78, 5) is 19.5. The first-order chi connectivity index (χ1) is 30.6. The van der Waals surface area contributed by atoms with Crippen LogP contribution >= 0.6 is 0 Å². The Morgan fingerprint density at radius 1 is 0.397 bits per heavy atom. The lowest BCUT2D eigenvalue weighted by Crippen LogP contribution is -2.22. The zero-order valence-corrected chi connectivity index (χ0v) is 43.8. The molecular weight excluding hydrogens is 801 g/mol. The summed E-state index contributed by atoms with van der Waals surface area (Å²) < 4.78 is 7.02. The molecule has 348 valence electrons. The van der Waals surface area contributed by atoms with Gasteiger partial charge >= 0.3 is 0 Å². The summed E-state index contributed by atoms with van der Waals surface area (Å²) in [6, 6.07) is 18.9. The number of hydrogen-bond donors (Lipinski definition) is 0. The van der Waals surface area contributed by atoms with Crippen LogP contribution in [0.1, 0.15) is 178 Å². The van der Waals surface area contributed by atoms with E-state index in [0.29, 0.717) is 0 Å². The highest BCUT2D eigenvalue weighted by Crippen LogP contribution is 2.35. The molecule has 5 nitrogen and oxygen atoms in total. The first-order valence-electron chi connectivity index (χ1n) is 26.1. The number of benzene rings is 2. The fraction of sp³-hybridized carbons (Fsp3) is 0.643. The highest BCUT2D eigenvalue weighted by Gasteiger charge is 2.19. The first kappa shape index (κ1) is 52.5. The summed E-state index contributed by atoms with van der Waals surface area (Å²) in [5, 5.41) is 0. The Kier molecular flexibility index (Phi) is 24.5. The predicted octanol–water partition coefficient (Wildman–Crippen LogP) is 17.9. The average Bonchev–Trinajstić information content (AvgIpc) is 3.29. The van der Waals surface area contributed by atoms with Gasteiger partial charge in [-0.1, -0.05) is 181 Å². The molecule has 4 rings (SSSR count). The van der Waals surface area contributed by atoms with Crippen molar-refractivity contribution in [2.45, 2.75) is 232 Å². The van der Waals surface area contributed by atoms with E-state index < -0.39 is 16.1 Å². The molecule has 0 aliphatic heterocycles. The lowest BCUT2D eigenvalue weighted by molar-refractivity contribution is 0.466. The third kappa shape index (κ3) is 20.3. The van der Waals surface area contributed by atoms with Crippen molar-refractivity contribution < 1.29 is 4.74 Å². The van der Waals surface area contributed by atoms with Crippen molar-refractivity contribution >= 4 is 16.1 Å². The average molecular weight is 892 g/mol. The van der Waals surface area contributed by atoms with Crippen LogP contribution in [0.4, 0.5) is 0 Å². The number of aromatic nitrogens is 4. The van der Waals surface area contributed by atoms with Gasteiger partial charge in [-0.25, -0.2) is 19.9 Å². The van der Waals surface area contributed by atoms with E-state index in [1.165, 1.54) is 162 Å². The summed E-state index contributed by atoms with van der Waals surface area (Å²) in [5.41, 5.74) is 7.11. The molecule has 0 spiro atoms. The van der Waals surface area contributed by atoms with Crippen LogP contribution in [-0.2, 0) is 25.7 Å². The zero-order chi connectivity index (χ0) is 45.2. The van der Waals surface area contributed by atoms with Crippen molar-refractivity contribution in [1.82, 2.24) is 19.9 Å². The number of ether oxygens (including phenoxy) is 1. The van der Waals surface area contributed by atoms with Crippen molar-refractivity contribution in [3.63, 3.8) is 0 Å². The molecule has 0 N–H and O–H groups in total. The van der Waals surface area contributed by atoms with E-state index in [-0.39, 0.29) is 0 Å². The Morgan fingerprint density at radius 3 is 1.10 bits per heavy atom. The zero-order valence-electron chi connectivity index (χ0n) is 41.8. The number of nitrogens with zero attached hydrogens (tertiary/aromatic N) is 4. The van der Waals surface area contributed by atoms with Crippen molar-refractivity contribution in [2.24, 2.45) is 0 Å². The first-order valence-corrected chi connectivity index (χ1v) is 33.0. The molecule has 63 heavy (non-hydrogen) atoms. The third-order valence-electron chi connectivity index (χ3n) is 13.9. The van der Waals surface area contributed by atoms with Gasteiger partial charge in [-0.2, -0.15) is 0 Å². The van der Waals surface area contributed by atoms with Crippen molar-refractivity contribution in [3.05, 3.63) is 83.4 Å². The molecule has 2 heterocycles. The Bertz CT molecular complexity index is 1690. The van der Waals surface area contributed by atoms with Crippen molar-refractivity contribution in [2.75, 3.05) is 0 Å². The van der Waals surface area contributed by atoms with Gasteiger partial charge in [0.05, 0.1) is 0 Å². The maximum Gasteiger partial charge on any atom is 0.159 e. The summed E-state index contributed by atoms with van der Waals surface area (Å²) >= 11 is 0. The topological polar surface area (TPSA) is 60.8 Å². The lowest BCUT2D eigenvalue weighted by Gasteiger charge is -2.19.